The molecule has 1 rings (SSSR count). The maximum absolute atomic E-state index is 13.9. The first-order chi connectivity index (χ1) is 9.83. The molecular weight excluding hydrogens is 271 g/mol. The van der Waals surface area contributed by atoms with Gasteiger partial charge in [-0.25, -0.2) is 4.39 Å². The van der Waals surface area contributed by atoms with Gasteiger partial charge in [0.25, 0.3) is 0 Å². The second-order valence-electron chi connectivity index (χ2n) is 5.96. The Bertz CT molecular complexity index is 470. The van der Waals surface area contributed by atoms with Gasteiger partial charge < -0.3 is 15.4 Å². The standard InChI is InChI=1S/C16H25FN2O2/c1-16(2,3)19-11-12-7-5-8-13(17)15(12)21-10-6-9-14(20)18-4/h5,7-8,19H,6,9-11H2,1-4H3,(H,18,20). The van der Waals surface area contributed by atoms with Crippen molar-refractivity contribution in [1.29, 1.82) is 0 Å². The van der Waals surface area contributed by atoms with Gasteiger partial charge in [-0.15, -0.1) is 0 Å². The van der Waals surface area contributed by atoms with E-state index in [9.17, 15) is 9.18 Å². The van der Waals surface area contributed by atoms with Gasteiger partial charge in [0.2, 0.25) is 5.91 Å². The number of hydrogen-bond acceptors (Lipinski definition) is 3. The molecule has 0 saturated heterocycles. The predicted molar refractivity (Wildman–Crippen MR) is 81.8 cm³/mol. The van der Waals surface area contributed by atoms with Gasteiger partial charge in [0.15, 0.2) is 11.6 Å². The molecule has 4 nitrogen and oxygen atoms in total. The van der Waals surface area contributed by atoms with Crippen molar-refractivity contribution in [3.05, 3.63) is 29.6 Å². The van der Waals surface area contributed by atoms with E-state index in [0.29, 0.717) is 26.0 Å². The van der Waals surface area contributed by atoms with Crippen molar-refractivity contribution in [2.75, 3.05) is 13.7 Å². The molecule has 0 aliphatic carbocycles. The molecular formula is C16H25FN2O2. The topological polar surface area (TPSA) is 50.4 Å². The zero-order chi connectivity index (χ0) is 15.9. The summed E-state index contributed by atoms with van der Waals surface area (Å²) in [5.74, 6) is -0.143. The van der Waals surface area contributed by atoms with Gasteiger partial charge in [0.05, 0.1) is 6.61 Å². The molecule has 1 aromatic carbocycles. The Morgan fingerprint density at radius 2 is 2.05 bits per heavy atom. The summed E-state index contributed by atoms with van der Waals surface area (Å²) in [5, 5.41) is 5.86. The summed E-state index contributed by atoms with van der Waals surface area (Å²) in [4.78, 5) is 11.1. The number of ether oxygens (including phenoxy) is 1. The molecule has 0 saturated carbocycles. The first kappa shape index (κ1) is 17.4. The number of halogens is 1. The number of nitrogens with one attached hydrogen (secondary N) is 2. The molecule has 0 unspecified atom stereocenters. The Kier molecular flexibility index (Phi) is 6.62. The molecule has 0 aromatic heterocycles. The summed E-state index contributed by atoms with van der Waals surface area (Å²) in [5.41, 5.74) is 0.730. The zero-order valence-corrected chi connectivity index (χ0v) is 13.3. The molecule has 2 N–H and O–H groups in total. The molecule has 0 aliphatic heterocycles. The molecule has 0 bridgehead atoms. The van der Waals surface area contributed by atoms with E-state index >= 15 is 0 Å². The van der Waals surface area contributed by atoms with Crippen molar-refractivity contribution in [3.63, 3.8) is 0 Å². The van der Waals surface area contributed by atoms with E-state index in [0.717, 1.165) is 5.56 Å². The molecule has 0 fully saturated rings. The smallest absolute Gasteiger partial charge is 0.219 e. The monoisotopic (exact) mass is 296 g/mol. The molecule has 0 atom stereocenters. The Hall–Kier alpha value is -1.62. The van der Waals surface area contributed by atoms with Crippen LogP contribution in [0.4, 0.5) is 4.39 Å². The van der Waals surface area contributed by atoms with Crippen LogP contribution in [0, 0.1) is 5.82 Å². The molecule has 5 heteroatoms. The second-order valence-corrected chi connectivity index (χ2v) is 5.96. The van der Waals surface area contributed by atoms with E-state index in [4.69, 9.17) is 4.74 Å². The number of para-hydroxylation sites is 1. The average Bonchev–Trinajstić information content (AvgIpc) is 2.41. The van der Waals surface area contributed by atoms with Gasteiger partial charge in [-0.3, -0.25) is 4.79 Å². The highest BCUT2D eigenvalue weighted by atomic mass is 19.1. The van der Waals surface area contributed by atoms with Crippen molar-refractivity contribution >= 4 is 5.91 Å². The summed E-state index contributed by atoms with van der Waals surface area (Å²) in [6.07, 6.45) is 0.931. The van der Waals surface area contributed by atoms with E-state index in [-0.39, 0.29) is 23.0 Å². The minimum atomic E-state index is -0.372. The van der Waals surface area contributed by atoms with Crippen molar-refractivity contribution in [1.82, 2.24) is 10.6 Å². The highest BCUT2D eigenvalue weighted by molar-refractivity contribution is 5.75. The van der Waals surface area contributed by atoms with E-state index < -0.39 is 0 Å². The molecule has 0 spiro atoms. The van der Waals surface area contributed by atoms with E-state index in [1.807, 2.05) is 6.07 Å². The molecule has 0 radical (unpaired) electrons. The van der Waals surface area contributed by atoms with Crippen LogP contribution in [0.2, 0.25) is 0 Å². The van der Waals surface area contributed by atoms with Crippen LogP contribution >= 0.6 is 0 Å². The highest BCUT2D eigenvalue weighted by Crippen LogP contribution is 2.23. The maximum atomic E-state index is 13.9. The fourth-order valence-electron chi connectivity index (χ4n) is 1.75. The quantitative estimate of drug-likeness (QED) is 0.761. The van der Waals surface area contributed by atoms with Crippen LogP contribution in [0.15, 0.2) is 18.2 Å². The van der Waals surface area contributed by atoms with Gasteiger partial charge in [-0.2, -0.15) is 0 Å². The maximum Gasteiger partial charge on any atom is 0.219 e. The summed E-state index contributed by atoms with van der Waals surface area (Å²) in [6.45, 7) is 7.01. The SMILES string of the molecule is CNC(=O)CCCOc1c(F)cccc1CNC(C)(C)C. The number of carbonyl (C=O) groups is 1. The van der Waals surface area contributed by atoms with Crippen LogP contribution in [-0.4, -0.2) is 25.1 Å². The van der Waals surface area contributed by atoms with E-state index in [2.05, 4.69) is 31.4 Å². The third-order valence-electron chi connectivity index (χ3n) is 2.93. The summed E-state index contributed by atoms with van der Waals surface area (Å²) < 4.78 is 19.4. The molecule has 1 amide bonds. The van der Waals surface area contributed by atoms with Gasteiger partial charge >= 0.3 is 0 Å². The fourth-order valence-corrected chi connectivity index (χ4v) is 1.75. The number of rotatable bonds is 7. The third kappa shape index (κ3) is 6.58. The lowest BCUT2D eigenvalue weighted by molar-refractivity contribution is -0.120. The Balaban J connectivity index is 2.61. The molecule has 0 aliphatic rings. The minimum absolute atomic E-state index is 0.0400. The molecule has 0 heterocycles. The molecule has 21 heavy (non-hydrogen) atoms. The van der Waals surface area contributed by atoms with Crippen LogP contribution < -0.4 is 15.4 Å². The first-order valence-electron chi connectivity index (χ1n) is 7.19. The normalized spacial score (nSPS) is 11.3. The van der Waals surface area contributed by atoms with Crippen molar-refractivity contribution in [2.45, 2.75) is 45.7 Å². The average molecular weight is 296 g/mol. The Labute approximate surface area is 126 Å². The van der Waals surface area contributed by atoms with Gasteiger partial charge in [0, 0.05) is 31.1 Å². The number of amides is 1. The highest BCUT2D eigenvalue weighted by Gasteiger charge is 2.14. The van der Waals surface area contributed by atoms with Crippen LogP contribution in [0.1, 0.15) is 39.2 Å². The largest absolute Gasteiger partial charge is 0.490 e. The van der Waals surface area contributed by atoms with Gasteiger partial charge in [0.1, 0.15) is 0 Å². The van der Waals surface area contributed by atoms with Crippen molar-refractivity contribution in [2.24, 2.45) is 0 Å². The minimum Gasteiger partial charge on any atom is -0.490 e. The lowest BCUT2D eigenvalue weighted by Crippen LogP contribution is -2.35. The van der Waals surface area contributed by atoms with Gasteiger partial charge in [-0.05, 0) is 33.3 Å². The van der Waals surface area contributed by atoms with Crippen molar-refractivity contribution < 1.29 is 13.9 Å². The van der Waals surface area contributed by atoms with Crippen LogP contribution in [0.5, 0.6) is 5.75 Å². The number of hydrogen-bond donors (Lipinski definition) is 2. The Morgan fingerprint density at radius 3 is 2.67 bits per heavy atom. The lowest BCUT2D eigenvalue weighted by Gasteiger charge is -2.21. The summed E-state index contributed by atoms with van der Waals surface area (Å²) >= 11 is 0. The predicted octanol–water partition coefficient (Wildman–Crippen LogP) is 2.62. The zero-order valence-electron chi connectivity index (χ0n) is 13.3. The summed E-state index contributed by atoms with van der Waals surface area (Å²) in [7, 11) is 1.59. The van der Waals surface area contributed by atoms with Crippen LogP contribution in [0.25, 0.3) is 0 Å². The summed E-state index contributed by atoms with van der Waals surface area (Å²) in [6, 6.07) is 4.90. The van der Waals surface area contributed by atoms with Gasteiger partial charge in [-0.1, -0.05) is 12.1 Å². The van der Waals surface area contributed by atoms with E-state index in [1.165, 1.54) is 6.07 Å². The lowest BCUT2D eigenvalue weighted by atomic mass is 10.1. The second kappa shape index (κ2) is 7.98. The number of carbonyl (C=O) groups excluding carboxylic acids is 1. The molecule has 1 aromatic rings. The third-order valence-corrected chi connectivity index (χ3v) is 2.93. The number of benzene rings is 1. The van der Waals surface area contributed by atoms with E-state index in [1.54, 1.807) is 13.1 Å². The molecule has 118 valence electrons. The van der Waals surface area contributed by atoms with Crippen LogP contribution in [-0.2, 0) is 11.3 Å². The van der Waals surface area contributed by atoms with Crippen LogP contribution in [0.3, 0.4) is 0 Å². The first-order valence-corrected chi connectivity index (χ1v) is 7.19. The fraction of sp³-hybridized carbons (Fsp3) is 0.562. The Morgan fingerprint density at radius 1 is 1.33 bits per heavy atom. The van der Waals surface area contributed by atoms with Crippen molar-refractivity contribution in [3.8, 4) is 5.75 Å².